The highest BCUT2D eigenvalue weighted by molar-refractivity contribution is 5.69. The third-order valence-corrected chi connectivity index (χ3v) is 2.82. The number of nitrogens with zero attached hydrogens (tertiary/aromatic N) is 1. The van der Waals surface area contributed by atoms with Crippen LogP contribution in [-0.4, -0.2) is 48.7 Å². The molecule has 1 aliphatic rings. The van der Waals surface area contributed by atoms with Crippen LogP contribution in [0.4, 0.5) is 4.79 Å². The molecule has 0 spiro atoms. The van der Waals surface area contributed by atoms with Gasteiger partial charge < -0.3 is 14.2 Å². The smallest absolute Gasteiger partial charge is 0.412 e. The van der Waals surface area contributed by atoms with Crippen molar-refractivity contribution in [1.82, 2.24) is 4.90 Å². The van der Waals surface area contributed by atoms with E-state index >= 15 is 0 Å². The second-order valence-corrected chi connectivity index (χ2v) is 6.04. The molecule has 5 heteroatoms. The van der Waals surface area contributed by atoms with Gasteiger partial charge in [0.05, 0.1) is 12.6 Å². The summed E-state index contributed by atoms with van der Waals surface area (Å²) in [6, 6.07) is 0.00907. The predicted octanol–water partition coefficient (Wildman–Crippen LogP) is 2.39. The lowest BCUT2D eigenvalue weighted by Crippen LogP contribution is -2.50. The second-order valence-electron chi connectivity index (χ2n) is 6.04. The molecule has 1 aliphatic heterocycles. The normalized spacial score (nSPS) is 23.2. The van der Waals surface area contributed by atoms with Crippen LogP contribution in [0.1, 0.15) is 41.0 Å². The molecular weight excluding hydrogens is 234 g/mol. The first-order valence-electron chi connectivity index (χ1n) is 6.32. The molecule has 5 nitrogen and oxygen atoms in total. The highest BCUT2D eigenvalue weighted by Crippen LogP contribution is 2.30. The number of carbonyl (C=O) groups excluding carboxylic acids is 1. The van der Waals surface area contributed by atoms with Crippen LogP contribution in [0.15, 0.2) is 0 Å². The summed E-state index contributed by atoms with van der Waals surface area (Å²) in [5.74, 6) is 0. The van der Waals surface area contributed by atoms with Gasteiger partial charge in [-0.1, -0.05) is 0 Å². The summed E-state index contributed by atoms with van der Waals surface area (Å²) in [6.45, 7) is 10.5. The zero-order valence-electron chi connectivity index (χ0n) is 12.3. The standard InChI is InChI=1S/C13H25NO4/c1-12(2,3)18-11(15)14-10(7-8-16-6)9-17-13(14,4)5/h10H,7-9H2,1-6H3/t10-/m1/s1. The molecule has 1 fully saturated rings. The molecule has 0 bridgehead atoms. The fourth-order valence-electron chi connectivity index (χ4n) is 2.03. The summed E-state index contributed by atoms with van der Waals surface area (Å²) in [4.78, 5) is 13.9. The van der Waals surface area contributed by atoms with Crippen molar-refractivity contribution < 1.29 is 19.0 Å². The van der Waals surface area contributed by atoms with Crippen LogP contribution in [0.2, 0.25) is 0 Å². The van der Waals surface area contributed by atoms with Gasteiger partial charge in [-0.15, -0.1) is 0 Å². The Morgan fingerprint density at radius 3 is 2.56 bits per heavy atom. The van der Waals surface area contributed by atoms with E-state index in [-0.39, 0.29) is 12.1 Å². The molecule has 1 heterocycles. The van der Waals surface area contributed by atoms with Crippen LogP contribution in [-0.2, 0) is 14.2 Å². The second kappa shape index (κ2) is 5.45. The van der Waals surface area contributed by atoms with Crippen LogP contribution in [0.25, 0.3) is 0 Å². The summed E-state index contributed by atoms with van der Waals surface area (Å²) in [7, 11) is 1.65. The van der Waals surface area contributed by atoms with E-state index in [2.05, 4.69) is 0 Å². The maximum absolute atomic E-state index is 12.2. The molecule has 0 aliphatic carbocycles. The number of carbonyl (C=O) groups is 1. The maximum atomic E-state index is 12.2. The van der Waals surface area contributed by atoms with Gasteiger partial charge in [-0.25, -0.2) is 4.79 Å². The summed E-state index contributed by atoms with van der Waals surface area (Å²) in [5.41, 5.74) is -1.12. The van der Waals surface area contributed by atoms with E-state index in [0.29, 0.717) is 13.2 Å². The first kappa shape index (κ1) is 15.2. The van der Waals surface area contributed by atoms with Gasteiger partial charge in [0.2, 0.25) is 0 Å². The molecule has 0 saturated carbocycles. The van der Waals surface area contributed by atoms with Gasteiger partial charge in [0.25, 0.3) is 0 Å². The van der Waals surface area contributed by atoms with Crippen molar-refractivity contribution in [3.05, 3.63) is 0 Å². The summed E-state index contributed by atoms with van der Waals surface area (Å²) in [6.07, 6.45) is 0.421. The minimum absolute atomic E-state index is 0.00907. The molecule has 0 unspecified atom stereocenters. The number of hydrogen-bond acceptors (Lipinski definition) is 4. The summed E-state index contributed by atoms with van der Waals surface area (Å²) < 4.78 is 16.2. The molecule has 18 heavy (non-hydrogen) atoms. The number of rotatable bonds is 3. The minimum Gasteiger partial charge on any atom is -0.444 e. The average molecular weight is 259 g/mol. The first-order valence-corrected chi connectivity index (χ1v) is 6.32. The molecule has 1 atom stereocenters. The van der Waals surface area contributed by atoms with Crippen molar-refractivity contribution in [3.8, 4) is 0 Å². The SMILES string of the molecule is COCC[C@@H]1COC(C)(C)N1C(=O)OC(C)(C)C. The van der Waals surface area contributed by atoms with Crippen LogP contribution in [0.5, 0.6) is 0 Å². The van der Waals surface area contributed by atoms with E-state index in [1.54, 1.807) is 12.0 Å². The highest BCUT2D eigenvalue weighted by atomic mass is 16.6. The molecule has 106 valence electrons. The molecule has 0 aromatic carbocycles. The van der Waals surface area contributed by atoms with Crippen molar-refractivity contribution in [2.45, 2.75) is 58.4 Å². The Bertz CT molecular complexity index is 296. The van der Waals surface area contributed by atoms with Crippen molar-refractivity contribution in [2.75, 3.05) is 20.3 Å². The number of amides is 1. The van der Waals surface area contributed by atoms with Gasteiger partial charge in [0.1, 0.15) is 11.3 Å². The van der Waals surface area contributed by atoms with Gasteiger partial charge in [-0.05, 0) is 41.0 Å². The van der Waals surface area contributed by atoms with Crippen LogP contribution in [0.3, 0.4) is 0 Å². The lowest BCUT2D eigenvalue weighted by Gasteiger charge is -2.35. The topological polar surface area (TPSA) is 48.0 Å². The molecule has 1 saturated heterocycles. The lowest BCUT2D eigenvalue weighted by molar-refractivity contribution is -0.0631. The monoisotopic (exact) mass is 259 g/mol. The lowest BCUT2D eigenvalue weighted by atomic mass is 10.1. The zero-order valence-corrected chi connectivity index (χ0v) is 12.3. The Morgan fingerprint density at radius 1 is 1.44 bits per heavy atom. The minimum atomic E-state index is -0.624. The van der Waals surface area contributed by atoms with Crippen LogP contribution < -0.4 is 0 Å². The zero-order chi connectivity index (χ0) is 14.0. The Labute approximate surface area is 109 Å². The van der Waals surface area contributed by atoms with E-state index in [9.17, 15) is 4.79 Å². The van der Waals surface area contributed by atoms with Crippen molar-refractivity contribution in [1.29, 1.82) is 0 Å². The average Bonchev–Trinajstić information content (AvgIpc) is 2.48. The fourth-order valence-corrected chi connectivity index (χ4v) is 2.03. The largest absolute Gasteiger partial charge is 0.444 e. The van der Waals surface area contributed by atoms with Gasteiger partial charge in [-0.2, -0.15) is 0 Å². The Morgan fingerprint density at radius 2 is 2.06 bits per heavy atom. The van der Waals surface area contributed by atoms with Gasteiger partial charge in [0.15, 0.2) is 0 Å². The fraction of sp³-hybridized carbons (Fsp3) is 0.923. The van der Waals surface area contributed by atoms with E-state index in [1.807, 2.05) is 34.6 Å². The summed E-state index contributed by atoms with van der Waals surface area (Å²) in [5, 5.41) is 0. The van der Waals surface area contributed by atoms with E-state index in [1.165, 1.54) is 0 Å². The number of ether oxygens (including phenoxy) is 3. The highest BCUT2D eigenvalue weighted by Gasteiger charge is 2.45. The van der Waals surface area contributed by atoms with Gasteiger partial charge >= 0.3 is 6.09 Å². The molecular formula is C13H25NO4. The molecule has 0 aromatic rings. The first-order chi connectivity index (χ1) is 8.17. The van der Waals surface area contributed by atoms with Crippen molar-refractivity contribution >= 4 is 6.09 Å². The number of hydrogen-bond donors (Lipinski definition) is 0. The predicted molar refractivity (Wildman–Crippen MR) is 68.4 cm³/mol. The molecule has 1 rings (SSSR count). The third-order valence-electron chi connectivity index (χ3n) is 2.82. The van der Waals surface area contributed by atoms with Crippen molar-refractivity contribution in [3.63, 3.8) is 0 Å². The van der Waals surface area contributed by atoms with Gasteiger partial charge in [0, 0.05) is 13.7 Å². The van der Waals surface area contributed by atoms with Gasteiger partial charge in [-0.3, -0.25) is 4.90 Å². The quantitative estimate of drug-likeness (QED) is 0.781. The Balaban J connectivity index is 2.75. The Hall–Kier alpha value is -0.810. The van der Waals surface area contributed by atoms with E-state index in [4.69, 9.17) is 14.2 Å². The number of methoxy groups -OCH3 is 1. The third kappa shape index (κ3) is 3.85. The van der Waals surface area contributed by atoms with Crippen LogP contribution in [0, 0.1) is 0 Å². The van der Waals surface area contributed by atoms with E-state index < -0.39 is 11.3 Å². The molecule has 0 aromatic heterocycles. The Kier molecular flexibility index (Phi) is 4.61. The van der Waals surface area contributed by atoms with Crippen LogP contribution >= 0.6 is 0 Å². The maximum Gasteiger partial charge on any atom is 0.412 e. The van der Waals surface area contributed by atoms with Crippen molar-refractivity contribution in [2.24, 2.45) is 0 Å². The molecule has 1 amide bonds. The molecule has 0 N–H and O–H groups in total. The summed E-state index contributed by atoms with van der Waals surface area (Å²) >= 11 is 0. The molecule has 0 radical (unpaired) electrons. The van der Waals surface area contributed by atoms with E-state index in [0.717, 1.165) is 6.42 Å².